The Kier molecular flexibility index (Phi) is 7.31. The lowest BCUT2D eigenvalue weighted by atomic mass is 9.77. The Morgan fingerprint density at radius 1 is 0.938 bits per heavy atom. The van der Waals surface area contributed by atoms with E-state index in [4.69, 9.17) is 19.3 Å². The molecule has 32 heavy (non-hydrogen) atoms. The summed E-state index contributed by atoms with van der Waals surface area (Å²) in [5.74, 6) is 0.762. The van der Waals surface area contributed by atoms with Crippen LogP contribution >= 0.6 is 0 Å². The molecule has 2 aromatic carbocycles. The van der Waals surface area contributed by atoms with Gasteiger partial charge in [0.15, 0.2) is 0 Å². The smallest absolute Gasteiger partial charge is 0.323 e. The average molecular weight is 441 g/mol. The van der Waals surface area contributed by atoms with Crippen molar-refractivity contribution in [1.82, 2.24) is 0 Å². The fourth-order valence-corrected chi connectivity index (χ4v) is 3.82. The second kappa shape index (κ2) is 9.63. The molecular weight excluding hydrogens is 404 g/mol. The number of aliphatic hydroxyl groups is 1. The fourth-order valence-electron chi connectivity index (χ4n) is 3.82. The van der Waals surface area contributed by atoms with E-state index in [0.717, 1.165) is 22.4 Å². The molecule has 0 saturated carbocycles. The van der Waals surface area contributed by atoms with Gasteiger partial charge in [-0.25, -0.2) is 0 Å². The number of aliphatic hydroxyl groups excluding tert-OH is 1. The van der Waals surface area contributed by atoms with Gasteiger partial charge in [0.2, 0.25) is 0 Å². The maximum absolute atomic E-state index is 13.0. The Morgan fingerprint density at radius 2 is 1.62 bits per heavy atom. The molecule has 3 rings (SSSR count). The van der Waals surface area contributed by atoms with Crippen LogP contribution in [0.1, 0.15) is 76.1 Å². The molecule has 2 aromatic rings. The van der Waals surface area contributed by atoms with Crippen molar-refractivity contribution in [3.05, 3.63) is 58.7 Å². The number of carbonyl (C=O) groups is 1. The van der Waals surface area contributed by atoms with Gasteiger partial charge in [0.05, 0.1) is 6.61 Å². The van der Waals surface area contributed by atoms with Crippen molar-refractivity contribution in [2.45, 2.75) is 64.7 Å². The molecule has 0 bridgehead atoms. The number of rotatable bonds is 8. The molecule has 1 unspecified atom stereocenters. The van der Waals surface area contributed by atoms with Crippen LogP contribution in [-0.4, -0.2) is 37.5 Å². The van der Waals surface area contributed by atoms with Gasteiger partial charge in [-0.3, -0.25) is 4.79 Å². The summed E-state index contributed by atoms with van der Waals surface area (Å²) in [6.07, 6.45) is 0.627. The van der Waals surface area contributed by atoms with E-state index >= 15 is 0 Å². The van der Waals surface area contributed by atoms with E-state index in [1.165, 1.54) is 5.56 Å². The Balaban J connectivity index is 1.84. The van der Waals surface area contributed by atoms with Crippen LogP contribution < -0.4 is 9.47 Å². The van der Waals surface area contributed by atoms with Crippen LogP contribution in [-0.2, 0) is 20.4 Å². The molecule has 0 amide bonds. The largest absolute Gasteiger partial charge is 0.491 e. The molecule has 0 spiro atoms. The standard InChI is InChI=1S/C27H36O5/c1-26(2,3)19-16-21-23(25(29)32-24(21)22(17-19)27(4,5)6)18-8-10-20(11-9-18)31-15-14-30-13-7-12-28/h8-11,16-17,23,28H,7,12-15H2,1-6H3. The molecular formula is C27H36O5. The van der Waals surface area contributed by atoms with Crippen molar-refractivity contribution in [1.29, 1.82) is 0 Å². The van der Waals surface area contributed by atoms with Gasteiger partial charge in [-0.2, -0.15) is 0 Å². The van der Waals surface area contributed by atoms with E-state index in [0.29, 0.717) is 32.0 Å². The minimum absolute atomic E-state index is 0.0395. The van der Waals surface area contributed by atoms with Crippen LogP contribution in [0, 0.1) is 0 Å². The molecule has 1 heterocycles. The molecule has 1 aliphatic rings. The van der Waals surface area contributed by atoms with Crippen molar-refractivity contribution in [2.75, 3.05) is 26.4 Å². The Bertz CT molecular complexity index is 932. The van der Waals surface area contributed by atoms with Gasteiger partial charge >= 0.3 is 5.97 Å². The zero-order valence-electron chi connectivity index (χ0n) is 20.2. The lowest BCUT2D eigenvalue weighted by Crippen LogP contribution is -2.17. The first-order valence-corrected chi connectivity index (χ1v) is 11.3. The highest BCUT2D eigenvalue weighted by atomic mass is 16.5. The molecule has 0 radical (unpaired) electrons. The predicted octanol–water partition coefficient (Wildman–Crippen LogP) is 5.11. The van der Waals surface area contributed by atoms with E-state index in [1.807, 2.05) is 24.3 Å². The van der Waals surface area contributed by atoms with Crippen molar-refractivity contribution < 1.29 is 24.1 Å². The minimum Gasteiger partial charge on any atom is -0.491 e. The summed E-state index contributed by atoms with van der Waals surface area (Å²) >= 11 is 0. The third-order valence-electron chi connectivity index (χ3n) is 5.70. The van der Waals surface area contributed by atoms with Crippen LogP contribution in [0.3, 0.4) is 0 Å². The number of esters is 1. The van der Waals surface area contributed by atoms with Gasteiger partial charge in [0.25, 0.3) is 0 Å². The average Bonchev–Trinajstić information content (AvgIpc) is 3.04. The van der Waals surface area contributed by atoms with E-state index in [2.05, 4.69) is 53.7 Å². The highest BCUT2D eigenvalue weighted by Gasteiger charge is 2.39. The third-order valence-corrected chi connectivity index (χ3v) is 5.70. The van der Waals surface area contributed by atoms with Gasteiger partial charge in [0.1, 0.15) is 24.0 Å². The monoisotopic (exact) mass is 440 g/mol. The topological polar surface area (TPSA) is 65.0 Å². The molecule has 0 aliphatic carbocycles. The summed E-state index contributed by atoms with van der Waals surface area (Å²) in [4.78, 5) is 13.0. The molecule has 5 heteroatoms. The Morgan fingerprint density at radius 3 is 2.22 bits per heavy atom. The summed E-state index contributed by atoms with van der Waals surface area (Å²) in [7, 11) is 0. The first-order valence-electron chi connectivity index (χ1n) is 11.3. The summed E-state index contributed by atoms with van der Waals surface area (Å²) in [5, 5.41) is 8.76. The number of fused-ring (bicyclic) bond motifs is 1. The molecule has 174 valence electrons. The van der Waals surface area contributed by atoms with Crippen molar-refractivity contribution in [2.24, 2.45) is 0 Å². The summed E-state index contributed by atoms with van der Waals surface area (Å²) in [6.45, 7) is 14.6. The van der Waals surface area contributed by atoms with E-state index in [9.17, 15) is 4.79 Å². The first kappa shape index (κ1) is 24.3. The summed E-state index contributed by atoms with van der Waals surface area (Å²) in [5.41, 5.74) is 3.92. The number of hydrogen-bond acceptors (Lipinski definition) is 5. The molecule has 0 saturated heterocycles. The van der Waals surface area contributed by atoms with Crippen LogP contribution in [0.5, 0.6) is 11.5 Å². The lowest BCUT2D eigenvalue weighted by Gasteiger charge is -2.27. The Hall–Kier alpha value is -2.37. The van der Waals surface area contributed by atoms with E-state index < -0.39 is 5.92 Å². The SMILES string of the molecule is CC(C)(C)c1cc2c(c(C(C)(C)C)c1)OC(=O)C2c1ccc(OCCOCCCO)cc1. The molecule has 0 fully saturated rings. The van der Waals surface area contributed by atoms with E-state index in [-0.39, 0.29) is 23.4 Å². The summed E-state index contributed by atoms with van der Waals surface area (Å²) in [6, 6.07) is 12.0. The second-order valence-corrected chi connectivity index (χ2v) is 10.4. The minimum atomic E-state index is -0.440. The molecule has 1 N–H and O–H groups in total. The molecule has 1 aliphatic heterocycles. The van der Waals surface area contributed by atoms with Crippen molar-refractivity contribution >= 4 is 5.97 Å². The van der Waals surface area contributed by atoms with Crippen LogP contribution in [0.2, 0.25) is 0 Å². The zero-order chi connectivity index (χ0) is 23.5. The molecule has 1 atom stereocenters. The Labute approximate surface area is 191 Å². The fraction of sp³-hybridized carbons (Fsp3) is 0.519. The second-order valence-electron chi connectivity index (χ2n) is 10.4. The number of hydrogen-bond donors (Lipinski definition) is 1. The number of carbonyl (C=O) groups excluding carboxylic acids is 1. The van der Waals surface area contributed by atoms with Crippen LogP contribution in [0.15, 0.2) is 36.4 Å². The van der Waals surface area contributed by atoms with Crippen molar-refractivity contribution in [3.63, 3.8) is 0 Å². The maximum Gasteiger partial charge on any atom is 0.323 e. The third kappa shape index (κ3) is 5.51. The van der Waals surface area contributed by atoms with Gasteiger partial charge < -0.3 is 19.3 Å². The normalized spacial score (nSPS) is 16.1. The number of benzene rings is 2. The van der Waals surface area contributed by atoms with Gasteiger partial charge in [0, 0.05) is 24.3 Å². The quantitative estimate of drug-likeness (QED) is 0.351. The molecule has 0 aromatic heterocycles. The van der Waals surface area contributed by atoms with Gasteiger partial charge in [-0.1, -0.05) is 65.8 Å². The predicted molar refractivity (Wildman–Crippen MR) is 126 cm³/mol. The van der Waals surface area contributed by atoms with Crippen LogP contribution in [0.4, 0.5) is 0 Å². The number of ether oxygens (including phenoxy) is 3. The maximum atomic E-state index is 13.0. The van der Waals surface area contributed by atoms with E-state index in [1.54, 1.807) is 0 Å². The van der Waals surface area contributed by atoms with Crippen LogP contribution in [0.25, 0.3) is 0 Å². The van der Waals surface area contributed by atoms with Crippen molar-refractivity contribution in [3.8, 4) is 11.5 Å². The van der Waals surface area contributed by atoms with Gasteiger partial charge in [-0.05, 0) is 40.5 Å². The highest BCUT2D eigenvalue weighted by molar-refractivity contribution is 5.90. The zero-order valence-corrected chi connectivity index (χ0v) is 20.2. The van der Waals surface area contributed by atoms with Gasteiger partial charge in [-0.15, -0.1) is 0 Å². The lowest BCUT2D eigenvalue weighted by molar-refractivity contribution is -0.133. The molecule has 5 nitrogen and oxygen atoms in total. The highest BCUT2D eigenvalue weighted by Crippen LogP contribution is 2.47. The summed E-state index contributed by atoms with van der Waals surface area (Å²) < 4.78 is 16.9. The first-order chi connectivity index (χ1) is 15.0.